The first-order valence-corrected chi connectivity index (χ1v) is 9.18. The molecule has 2 aromatic carbocycles. The van der Waals surface area contributed by atoms with Gasteiger partial charge in [-0.2, -0.15) is 0 Å². The highest BCUT2D eigenvalue weighted by Crippen LogP contribution is 2.29. The molecule has 0 saturated heterocycles. The molecule has 1 aromatic heterocycles. The van der Waals surface area contributed by atoms with E-state index >= 15 is 0 Å². The highest BCUT2D eigenvalue weighted by Gasteiger charge is 2.28. The van der Waals surface area contributed by atoms with E-state index in [2.05, 4.69) is 10.3 Å². The highest BCUT2D eigenvalue weighted by atomic mass is 35.5. The van der Waals surface area contributed by atoms with E-state index in [1.165, 1.54) is 30.4 Å². The number of nitrogens with one attached hydrogen (secondary N) is 1. The predicted octanol–water partition coefficient (Wildman–Crippen LogP) is 3.98. The molecule has 6 nitrogen and oxygen atoms in total. The maximum atomic E-state index is 12.4. The Labute approximate surface area is 164 Å². The normalized spacial score (nSPS) is 11.8. The second-order valence-electron chi connectivity index (χ2n) is 5.76. The van der Waals surface area contributed by atoms with Gasteiger partial charge in [-0.3, -0.25) is 19.7 Å². The van der Waals surface area contributed by atoms with Crippen molar-refractivity contribution in [3.8, 4) is 5.75 Å². The van der Waals surface area contributed by atoms with Gasteiger partial charge < -0.3 is 4.74 Å². The van der Waals surface area contributed by atoms with Crippen LogP contribution in [0.25, 0.3) is 10.2 Å². The summed E-state index contributed by atoms with van der Waals surface area (Å²) in [6, 6.07) is 11.5. The van der Waals surface area contributed by atoms with Crippen molar-refractivity contribution in [2.45, 2.75) is 6.92 Å². The molecule has 0 aliphatic carbocycles. The number of amides is 1. The first-order chi connectivity index (χ1) is 12.9. The summed E-state index contributed by atoms with van der Waals surface area (Å²) in [5, 5.41) is 3.23. The van der Waals surface area contributed by atoms with E-state index < -0.39 is 23.4 Å². The van der Waals surface area contributed by atoms with Crippen LogP contribution in [0.3, 0.4) is 0 Å². The lowest BCUT2D eigenvalue weighted by molar-refractivity contribution is -0.136. The Hall–Kier alpha value is -2.77. The first kappa shape index (κ1) is 19.0. The number of nitrogens with zero attached hydrogens (tertiary/aromatic N) is 1. The summed E-state index contributed by atoms with van der Waals surface area (Å²) in [6.07, 6.45) is 0. The molecule has 1 N–H and O–H groups in total. The molecule has 1 unspecified atom stereocenters. The second kappa shape index (κ2) is 7.85. The number of fused-ring (bicyclic) bond motifs is 1. The average Bonchev–Trinajstić information content (AvgIpc) is 3.07. The van der Waals surface area contributed by atoms with Crippen LogP contribution in [0.2, 0.25) is 5.02 Å². The zero-order valence-corrected chi connectivity index (χ0v) is 16.1. The molecule has 1 amide bonds. The van der Waals surface area contributed by atoms with Crippen molar-refractivity contribution >= 4 is 55.8 Å². The Kier molecular flexibility index (Phi) is 5.53. The number of halogens is 1. The minimum Gasteiger partial charge on any atom is -0.497 e. The number of ketones is 2. The maximum absolute atomic E-state index is 12.4. The number of benzene rings is 2. The summed E-state index contributed by atoms with van der Waals surface area (Å²) in [5.41, 5.74) is 0.994. The number of rotatable bonds is 6. The zero-order valence-electron chi connectivity index (χ0n) is 14.5. The molecule has 0 aliphatic rings. The third-order valence-corrected chi connectivity index (χ3v) is 5.14. The van der Waals surface area contributed by atoms with Crippen molar-refractivity contribution in [2.75, 3.05) is 12.4 Å². The van der Waals surface area contributed by atoms with Crippen LogP contribution < -0.4 is 10.1 Å². The summed E-state index contributed by atoms with van der Waals surface area (Å²) >= 11 is 7.01. The molecule has 0 bridgehead atoms. The lowest BCUT2D eigenvalue weighted by Gasteiger charge is -2.09. The number of hydrogen-bond acceptors (Lipinski definition) is 6. The number of methoxy groups -OCH3 is 1. The van der Waals surface area contributed by atoms with Crippen molar-refractivity contribution in [2.24, 2.45) is 5.92 Å². The quantitative estimate of drug-likeness (QED) is 0.383. The summed E-state index contributed by atoms with van der Waals surface area (Å²) in [5.74, 6) is -2.59. The topological polar surface area (TPSA) is 85.4 Å². The fraction of sp³-hybridized carbons (Fsp3) is 0.158. The van der Waals surface area contributed by atoms with Gasteiger partial charge in [-0.15, -0.1) is 0 Å². The number of aromatic nitrogens is 1. The van der Waals surface area contributed by atoms with Crippen molar-refractivity contribution in [1.29, 1.82) is 0 Å². The molecular weight excluding hydrogens is 388 g/mol. The van der Waals surface area contributed by atoms with Gasteiger partial charge in [-0.1, -0.05) is 22.9 Å². The van der Waals surface area contributed by atoms with Crippen LogP contribution in [0.15, 0.2) is 42.5 Å². The average molecular weight is 403 g/mol. The van der Waals surface area contributed by atoms with Crippen molar-refractivity contribution in [1.82, 2.24) is 4.98 Å². The Balaban J connectivity index is 1.72. The molecule has 3 aromatic rings. The largest absolute Gasteiger partial charge is 0.497 e. The van der Waals surface area contributed by atoms with Gasteiger partial charge in [0.25, 0.3) is 5.91 Å². The Bertz CT molecular complexity index is 1030. The van der Waals surface area contributed by atoms with Gasteiger partial charge >= 0.3 is 0 Å². The van der Waals surface area contributed by atoms with Crippen LogP contribution in [0.4, 0.5) is 5.13 Å². The Morgan fingerprint density at radius 3 is 2.52 bits per heavy atom. The smallest absolute Gasteiger partial charge is 0.294 e. The second-order valence-corrected chi connectivity index (χ2v) is 7.23. The molecule has 0 fully saturated rings. The zero-order chi connectivity index (χ0) is 19.6. The molecule has 8 heteroatoms. The first-order valence-electron chi connectivity index (χ1n) is 7.98. The molecule has 1 atom stereocenters. The van der Waals surface area contributed by atoms with E-state index in [0.29, 0.717) is 21.9 Å². The summed E-state index contributed by atoms with van der Waals surface area (Å²) in [4.78, 5) is 41.3. The van der Waals surface area contributed by atoms with Crippen LogP contribution in [0.1, 0.15) is 17.3 Å². The predicted molar refractivity (Wildman–Crippen MR) is 105 cm³/mol. The molecule has 0 saturated carbocycles. The Morgan fingerprint density at radius 2 is 1.85 bits per heavy atom. The molecule has 138 valence electrons. The van der Waals surface area contributed by atoms with E-state index in [-0.39, 0.29) is 5.13 Å². The van der Waals surface area contributed by atoms with Gasteiger partial charge in [0.1, 0.15) is 5.75 Å². The minimum absolute atomic E-state index is 0.280. The summed E-state index contributed by atoms with van der Waals surface area (Å²) in [7, 11) is 1.56. The van der Waals surface area contributed by atoms with E-state index in [1.54, 1.807) is 37.4 Å². The minimum atomic E-state index is -1.11. The maximum Gasteiger partial charge on any atom is 0.294 e. The number of ether oxygens (including phenoxy) is 1. The third kappa shape index (κ3) is 4.15. The molecule has 27 heavy (non-hydrogen) atoms. The number of thiazole rings is 1. The standard InChI is InChI=1S/C19H15ClN2O4S/c1-10(16(23)11-3-5-12(20)6-4-11)17(24)18(25)22-19-21-14-8-7-13(26-2)9-15(14)27-19/h3-10H,1-2H3,(H,21,22,25). The van der Waals surface area contributed by atoms with Crippen LogP contribution >= 0.6 is 22.9 Å². The van der Waals surface area contributed by atoms with Crippen molar-refractivity contribution in [3.63, 3.8) is 0 Å². The highest BCUT2D eigenvalue weighted by molar-refractivity contribution is 7.22. The molecular formula is C19H15ClN2O4S. The monoisotopic (exact) mass is 402 g/mol. The number of anilines is 1. The fourth-order valence-corrected chi connectivity index (χ4v) is 3.44. The number of carbonyl (C=O) groups excluding carboxylic acids is 3. The van der Waals surface area contributed by atoms with E-state index in [0.717, 1.165) is 4.70 Å². The molecule has 0 aliphatic heterocycles. The van der Waals surface area contributed by atoms with Crippen molar-refractivity contribution < 1.29 is 19.1 Å². The van der Waals surface area contributed by atoms with Gasteiger partial charge in [0.05, 0.1) is 23.2 Å². The lowest BCUT2D eigenvalue weighted by atomic mass is 9.95. The van der Waals surface area contributed by atoms with Crippen LogP contribution in [0.5, 0.6) is 5.75 Å². The van der Waals surface area contributed by atoms with E-state index in [4.69, 9.17) is 16.3 Å². The number of Topliss-reactive ketones (excluding diaryl/α,β-unsaturated/α-hetero) is 2. The molecule has 3 rings (SSSR count). The van der Waals surface area contributed by atoms with Gasteiger partial charge in [0.15, 0.2) is 10.9 Å². The van der Waals surface area contributed by atoms with Gasteiger partial charge in [-0.05, 0) is 49.4 Å². The van der Waals surface area contributed by atoms with Crippen LogP contribution in [0, 0.1) is 5.92 Å². The molecule has 0 radical (unpaired) electrons. The molecule has 0 spiro atoms. The SMILES string of the molecule is COc1ccc2nc(NC(=O)C(=O)C(C)C(=O)c3ccc(Cl)cc3)sc2c1. The van der Waals surface area contributed by atoms with Gasteiger partial charge in [0, 0.05) is 10.6 Å². The summed E-state index contributed by atoms with van der Waals surface area (Å²) in [6.45, 7) is 1.40. The van der Waals surface area contributed by atoms with Crippen LogP contribution in [-0.4, -0.2) is 29.6 Å². The van der Waals surface area contributed by atoms with Gasteiger partial charge in [-0.25, -0.2) is 4.98 Å². The number of carbonyl (C=O) groups is 3. The van der Waals surface area contributed by atoms with Crippen molar-refractivity contribution in [3.05, 3.63) is 53.1 Å². The Morgan fingerprint density at radius 1 is 1.15 bits per heavy atom. The number of hydrogen-bond donors (Lipinski definition) is 1. The van der Waals surface area contributed by atoms with Crippen LogP contribution in [-0.2, 0) is 9.59 Å². The third-order valence-electron chi connectivity index (χ3n) is 3.96. The van der Waals surface area contributed by atoms with E-state index in [9.17, 15) is 14.4 Å². The fourth-order valence-electron chi connectivity index (χ4n) is 2.42. The van der Waals surface area contributed by atoms with E-state index in [1.807, 2.05) is 0 Å². The summed E-state index contributed by atoms with van der Waals surface area (Å²) < 4.78 is 5.96. The van der Waals surface area contributed by atoms with Gasteiger partial charge in [0.2, 0.25) is 5.78 Å². The molecule has 1 heterocycles. The lowest BCUT2D eigenvalue weighted by Crippen LogP contribution is -2.32.